The molecule has 3 nitrogen and oxygen atoms in total. The molecule has 1 N–H and O–H groups in total. The smallest absolute Gasteiger partial charge is 0.268 e. The van der Waals surface area contributed by atoms with E-state index >= 15 is 0 Å². The molecule has 1 unspecified atom stereocenters. The third-order valence-corrected chi connectivity index (χ3v) is 3.75. The quantitative estimate of drug-likeness (QED) is 0.867. The van der Waals surface area contributed by atoms with E-state index in [9.17, 15) is 9.90 Å². The fraction of sp³-hybridized carbons (Fsp3) is 0.133. The fourth-order valence-corrected chi connectivity index (χ4v) is 2.68. The van der Waals surface area contributed by atoms with Gasteiger partial charge in [0.1, 0.15) is 0 Å². The zero-order valence-corrected chi connectivity index (χ0v) is 11.1. The van der Waals surface area contributed by atoms with Gasteiger partial charge in [0.2, 0.25) is 0 Å². The van der Waals surface area contributed by atoms with Crippen molar-refractivity contribution in [3.05, 3.63) is 64.7 Å². The lowest BCUT2D eigenvalue weighted by Crippen LogP contribution is -2.39. The monoisotopic (exact) mass is 273 g/mol. The van der Waals surface area contributed by atoms with Gasteiger partial charge in [-0.05, 0) is 17.7 Å². The highest BCUT2D eigenvalue weighted by Crippen LogP contribution is 2.44. The summed E-state index contributed by atoms with van der Waals surface area (Å²) in [6, 6.07) is 14.0. The van der Waals surface area contributed by atoms with Crippen molar-refractivity contribution in [2.75, 3.05) is 11.9 Å². The Morgan fingerprint density at radius 3 is 2.53 bits per heavy atom. The maximum Gasteiger partial charge on any atom is 0.268 e. The minimum absolute atomic E-state index is 0.365. The number of rotatable bonds is 1. The molecule has 0 saturated carbocycles. The molecule has 0 saturated heterocycles. The number of amides is 1. The molecule has 19 heavy (non-hydrogen) atoms. The van der Waals surface area contributed by atoms with Gasteiger partial charge in [-0.2, -0.15) is 0 Å². The Balaban J connectivity index is 2.27. The summed E-state index contributed by atoms with van der Waals surface area (Å²) in [4.78, 5) is 13.9. The molecule has 0 radical (unpaired) electrons. The number of carbonyl (C=O) groups is 1. The Morgan fingerprint density at radius 2 is 1.84 bits per heavy atom. The van der Waals surface area contributed by atoms with Gasteiger partial charge in [-0.15, -0.1) is 0 Å². The summed E-state index contributed by atoms with van der Waals surface area (Å²) in [5, 5.41) is 11.4. The Hall–Kier alpha value is -1.84. The van der Waals surface area contributed by atoms with Crippen molar-refractivity contribution < 1.29 is 9.90 Å². The van der Waals surface area contributed by atoms with Crippen molar-refractivity contribution in [1.82, 2.24) is 0 Å². The minimum atomic E-state index is -1.63. The summed E-state index contributed by atoms with van der Waals surface area (Å²) in [6.45, 7) is 0. The molecule has 4 heteroatoms. The van der Waals surface area contributed by atoms with Crippen LogP contribution in [0.2, 0.25) is 5.02 Å². The highest BCUT2D eigenvalue weighted by atomic mass is 35.5. The summed E-state index contributed by atoms with van der Waals surface area (Å²) < 4.78 is 0. The van der Waals surface area contributed by atoms with Gasteiger partial charge in [-0.25, -0.2) is 0 Å². The van der Waals surface area contributed by atoms with E-state index in [4.69, 9.17) is 11.6 Å². The third kappa shape index (κ3) is 1.59. The molecule has 1 aliphatic heterocycles. The predicted molar refractivity (Wildman–Crippen MR) is 74.3 cm³/mol. The molecular formula is C15H12ClNO2. The molecule has 2 aromatic carbocycles. The number of anilines is 1. The maximum absolute atomic E-state index is 12.4. The van der Waals surface area contributed by atoms with Crippen molar-refractivity contribution >= 4 is 23.2 Å². The van der Waals surface area contributed by atoms with E-state index in [2.05, 4.69) is 0 Å². The zero-order chi connectivity index (χ0) is 13.6. The SMILES string of the molecule is CN1C(=O)C(O)(c2ccccc2)c2ccc(Cl)cc21. The molecule has 1 amide bonds. The lowest BCUT2D eigenvalue weighted by atomic mass is 9.88. The summed E-state index contributed by atoms with van der Waals surface area (Å²) in [5.74, 6) is -0.365. The van der Waals surface area contributed by atoms with Crippen molar-refractivity contribution in [1.29, 1.82) is 0 Å². The number of fused-ring (bicyclic) bond motifs is 1. The normalized spacial score (nSPS) is 21.6. The first kappa shape index (κ1) is 12.2. The van der Waals surface area contributed by atoms with Gasteiger partial charge < -0.3 is 10.0 Å². The van der Waals surface area contributed by atoms with E-state index in [0.29, 0.717) is 21.8 Å². The second kappa shape index (κ2) is 4.08. The van der Waals surface area contributed by atoms with E-state index in [1.54, 1.807) is 49.5 Å². The lowest BCUT2D eigenvalue weighted by molar-refractivity contribution is -0.131. The molecule has 1 atom stereocenters. The molecule has 1 heterocycles. The lowest BCUT2D eigenvalue weighted by Gasteiger charge is -2.22. The minimum Gasteiger partial charge on any atom is -0.372 e. The topological polar surface area (TPSA) is 40.5 Å². The number of carbonyl (C=O) groups excluding carboxylic acids is 1. The van der Waals surface area contributed by atoms with Crippen LogP contribution in [0.15, 0.2) is 48.5 Å². The first-order valence-electron chi connectivity index (χ1n) is 5.91. The first-order chi connectivity index (χ1) is 9.05. The zero-order valence-electron chi connectivity index (χ0n) is 10.3. The van der Waals surface area contributed by atoms with Crippen molar-refractivity contribution in [3.63, 3.8) is 0 Å². The highest BCUT2D eigenvalue weighted by molar-refractivity contribution is 6.31. The Labute approximate surface area is 116 Å². The van der Waals surface area contributed by atoms with Crippen molar-refractivity contribution in [2.24, 2.45) is 0 Å². The number of aliphatic hydroxyl groups is 1. The van der Waals surface area contributed by atoms with Crippen LogP contribution in [0.1, 0.15) is 11.1 Å². The molecule has 3 rings (SSSR count). The second-order valence-corrected chi connectivity index (χ2v) is 5.04. The molecule has 1 aliphatic rings. The first-order valence-corrected chi connectivity index (χ1v) is 6.29. The summed E-state index contributed by atoms with van der Waals surface area (Å²) in [5.41, 5.74) is 0.142. The molecule has 2 aromatic rings. The van der Waals surface area contributed by atoms with E-state index in [-0.39, 0.29) is 5.91 Å². The van der Waals surface area contributed by atoms with Gasteiger partial charge in [0.25, 0.3) is 5.91 Å². The van der Waals surface area contributed by atoms with Gasteiger partial charge in [-0.3, -0.25) is 4.79 Å². The van der Waals surface area contributed by atoms with Crippen LogP contribution in [-0.4, -0.2) is 18.1 Å². The van der Waals surface area contributed by atoms with Gasteiger partial charge in [0.05, 0.1) is 5.69 Å². The van der Waals surface area contributed by atoms with Gasteiger partial charge >= 0.3 is 0 Å². The predicted octanol–water partition coefficient (Wildman–Crippen LogP) is 2.55. The average molecular weight is 274 g/mol. The molecular weight excluding hydrogens is 262 g/mol. The van der Waals surface area contributed by atoms with Crippen LogP contribution in [0.25, 0.3) is 0 Å². The number of likely N-dealkylation sites (N-methyl/N-ethyl adjacent to an activating group) is 1. The van der Waals surface area contributed by atoms with Crippen LogP contribution in [0.4, 0.5) is 5.69 Å². The third-order valence-electron chi connectivity index (χ3n) is 3.52. The van der Waals surface area contributed by atoms with Crippen LogP contribution in [0.3, 0.4) is 0 Å². The van der Waals surface area contributed by atoms with Crippen LogP contribution >= 0.6 is 11.6 Å². The number of hydrogen-bond acceptors (Lipinski definition) is 2. The van der Waals surface area contributed by atoms with Gasteiger partial charge in [0, 0.05) is 17.6 Å². The van der Waals surface area contributed by atoms with Gasteiger partial charge in [0.15, 0.2) is 5.60 Å². The van der Waals surface area contributed by atoms with E-state index in [0.717, 1.165) is 0 Å². The second-order valence-electron chi connectivity index (χ2n) is 4.60. The summed E-state index contributed by atoms with van der Waals surface area (Å²) in [7, 11) is 1.64. The average Bonchev–Trinajstić information content (AvgIpc) is 2.63. The maximum atomic E-state index is 12.4. The number of benzene rings is 2. The Morgan fingerprint density at radius 1 is 1.16 bits per heavy atom. The van der Waals surface area contributed by atoms with Gasteiger partial charge in [-0.1, -0.05) is 48.0 Å². The molecule has 96 valence electrons. The Bertz CT molecular complexity index is 656. The van der Waals surface area contributed by atoms with Crippen LogP contribution in [0, 0.1) is 0 Å². The fourth-order valence-electron chi connectivity index (χ4n) is 2.51. The molecule has 0 fully saturated rings. The van der Waals surface area contributed by atoms with Crippen LogP contribution in [-0.2, 0) is 10.4 Å². The Kier molecular flexibility index (Phi) is 2.62. The van der Waals surface area contributed by atoms with E-state index in [1.165, 1.54) is 4.90 Å². The highest BCUT2D eigenvalue weighted by Gasteiger charge is 2.49. The summed E-state index contributed by atoms with van der Waals surface area (Å²) >= 11 is 5.96. The molecule has 0 aromatic heterocycles. The molecule has 0 spiro atoms. The van der Waals surface area contributed by atoms with E-state index in [1.807, 2.05) is 6.07 Å². The van der Waals surface area contributed by atoms with Crippen LogP contribution < -0.4 is 4.90 Å². The van der Waals surface area contributed by atoms with Crippen molar-refractivity contribution in [2.45, 2.75) is 5.60 Å². The number of hydrogen-bond donors (Lipinski definition) is 1. The largest absolute Gasteiger partial charge is 0.372 e. The van der Waals surface area contributed by atoms with Crippen LogP contribution in [0.5, 0.6) is 0 Å². The van der Waals surface area contributed by atoms with Crippen molar-refractivity contribution in [3.8, 4) is 0 Å². The van der Waals surface area contributed by atoms with E-state index < -0.39 is 5.60 Å². The molecule has 0 bridgehead atoms. The number of nitrogens with zero attached hydrogens (tertiary/aromatic N) is 1. The summed E-state index contributed by atoms with van der Waals surface area (Å²) in [6.07, 6.45) is 0. The molecule has 0 aliphatic carbocycles. The standard InChI is InChI=1S/C15H12ClNO2/c1-17-13-9-11(16)7-8-12(13)15(19,14(17)18)10-5-3-2-4-6-10/h2-9,19H,1H3. The number of halogens is 1.